The Balaban J connectivity index is 1.38. The van der Waals surface area contributed by atoms with Crippen LogP contribution in [0.1, 0.15) is 98.3 Å². The van der Waals surface area contributed by atoms with E-state index in [1.165, 1.54) is 19.3 Å². The van der Waals surface area contributed by atoms with Crippen molar-refractivity contribution in [1.82, 2.24) is 0 Å². The maximum atomic E-state index is 12.2. The van der Waals surface area contributed by atoms with Gasteiger partial charge in [0.1, 0.15) is 5.78 Å². The van der Waals surface area contributed by atoms with Gasteiger partial charge in [-0.15, -0.1) is 0 Å². The molecule has 10 atom stereocenters. The zero-order valence-corrected chi connectivity index (χ0v) is 20.1. The summed E-state index contributed by atoms with van der Waals surface area (Å²) in [5.74, 6) is 3.15. The molecule has 1 aliphatic heterocycles. The third kappa shape index (κ3) is 3.14. The normalized spacial score (nSPS) is 54.9. The van der Waals surface area contributed by atoms with Gasteiger partial charge in [0.25, 0.3) is 0 Å². The molecule has 0 radical (unpaired) electrons. The number of aliphatic hydroxyl groups is 2. The number of carbonyl (C=O) groups excluding carboxylic acids is 1. The molecule has 1 saturated heterocycles. The molecule has 0 amide bonds. The Morgan fingerprint density at radius 3 is 2.39 bits per heavy atom. The summed E-state index contributed by atoms with van der Waals surface area (Å²) < 4.78 is 6.03. The van der Waals surface area contributed by atoms with E-state index >= 15 is 0 Å². The largest absolute Gasteiger partial charge is 0.389 e. The highest BCUT2D eigenvalue weighted by Gasteiger charge is 2.67. The van der Waals surface area contributed by atoms with Crippen molar-refractivity contribution in [2.24, 2.45) is 46.3 Å². The Morgan fingerprint density at radius 2 is 1.68 bits per heavy atom. The quantitative estimate of drug-likeness (QED) is 0.637. The van der Waals surface area contributed by atoms with E-state index < -0.39 is 11.9 Å². The first kappa shape index (κ1) is 22.3. The van der Waals surface area contributed by atoms with Crippen LogP contribution < -0.4 is 0 Å². The lowest BCUT2D eigenvalue weighted by Gasteiger charge is -2.62. The Labute approximate surface area is 188 Å². The maximum absolute atomic E-state index is 12.2. The average Bonchev–Trinajstić information content (AvgIpc) is 3.00. The van der Waals surface area contributed by atoms with Crippen molar-refractivity contribution in [2.45, 2.75) is 116 Å². The highest BCUT2D eigenvalue weighted by atomic mass is 16.6. The lowest BCUT2D eigenvalue weighted by atomic mass is 9.44. The molecule has 4 aliphatic carbocycles. The summed E-state index contributed by atoms with van der Waals surface area (Å²) in [5.41, 5.74) is -0.664. The molecule has 5 fully saturated rings. The first-order valence-electron chi connectivity index (χ1n) is 13.2. The van der Waals surface area contributed by atoms with Gasteiger partial charge in [0.15, 0.2) is 6.29 Å². The summed E-state index contributed by atoms with van der Waals surface area (Å²) in [6.07, 6.45) is 10.2. The Kier molecular flexibility index (Phi) is 5.43. The molecule has 4 heteroatoms. The van der Waals surface area contributed by atoms with E-state index in [2.05, 4.69) is 27.7 Å². The Hall–Kier alpha value is -0.450. The first-order chi connectivity index (χ1) is 14.6. The molecule has 0 bridgehead atoms. The molecule has 31 heavy (non-hydrogen) atoms. The molecular formula is C27H44O4. The van der Waals surface area contributed by atoms with Gasteiger partial charge >= 0.3 is 0 Å². The number of hydrogen-bond acceptors (Lipinski definition) is 4. The summed E-state index contributed by atoms with van der Waals surface area (Å²) >= 11 is 0. The monoisotopic (exact) mass is 432 g/mol. The Bertz CT molecular complexity index is 720. The van der Waals surface area contributed by atoms with Crippen molar-refractivity contribution in [3.05, 3.63) is 0 Å². The van der Waals surface area contributed by atoms with E-state index in [1.54, 1.807) is 0 Å². The summed E-state index contributed by atoms with van der Waals surface area (Å²) in [7, 11) is 0. The Morgan fingerprint density at radius 1 is 0.935 bits per heavy atom. The summed E-state index contributed by atoms with van der Waals surface area (Å²) in [6, 6.07) is 0. The predicted molar refractivity (Wildman–Crippen MR) is 120 cm³/mol. The molecule has 2 N–H and O–H groups in total. The van der Waals surface area contributed by atoms with E-state index in [4.69, 9.17) is 4.74 Å². The van der Waals surface area contributed by atoms with Crippen molar-refractivity contribution in [3.63, 3.8) is 0 Å². The first-order valence-corrected chi connectivity index (χ1v) is 13.2. The number of Topliss-reactive ketones (excluding diaryl/α,β-unsaturated/α-hetero) is 1. The van der Waals surface area contributed by atoms with Crippen LogP contribution in [0.15, 0.2) is 0 Å². The topological polar surface area (TPSA) is 66.8 Å². The van der Waals surface area contributed by atoms with Crippen LogP contribution in [0.4, 0.5) is 0 Å². The van der Waals surface area contributed by atoms with Gasteiger partial charge in [-0.3, -0.25) is 4.79 Å². The zero-order chi connectivity index (χ0) is 22.2. The second kappa shape index (κ2) is 7.53. The smallest absolute Gasteiger partial charge is 0.160 e. The minimum absolute atomic E-state index is 0.0971. The molecule has 4 nitrogen and oxygen atoms in total. The van der Waals surface area contributed by atoms with E-state index in [0.717, 1.165) is 51.4 Å². The summed E-state index contributed by atoms with van der Waals surface area (Å²) in [6.45, 7) is 9.11. The minimum Gasteiger partial charge on any atom is -0.389 e. The molecule has 176 valence electrons. The third-order valence-corrected chi connectivity index (χ3v) is 11.5. The minimum atomic E-state index is -0.850. The van der Waals surface area contributed by atoms with Gasteiger partial charge in [-0.25, -0.2) is 0 Å². The van der Waals surface area contributed by atoms with Gasteiger partial charge < -0.3 is 14.9 Å². The van der Waals surface area contributed by atoms with Gasteiger partial charge in [0.2, 0.25) is 0 Å². The second-order valence-electron chi connectivity index (χ2n) is 12.8. The molecule has 0 unspecified atom stereocenters. The van der Waals surface area contributed by atoms with Crippen molar-refractivity contribution >= 4 is 5.78 Å². The van der Waals surface area contributed by atoms with Crippen LogP contribution in [0.3, 0.4) is 0 Å². The number of rotatable bonds is 2. The lowest BCUT2D eigenvalue weighted by Crippen LogP contribution is -2.61. The lowest BCUT2D eigenvalue weighted by molar-refractivity contribution is -0.267. The van der Waals surface area contributed by atoms with Crippen LogP contribution in [-0.4, -0.2) is 34.0 Å². The SMILES string of the molecule is CC(C)[C@H]1CC[C@H]([C@@]2(O)CC[C@H]3[C@@H]4CC[C@H]5CC(=O)CC[C@]5(C)[C@H]4CC[C@@]32C)[C@H](O)O1. The number of fused-ring (bicyclic) bond motifs is 5. The van der Waals surface area contributed by atoms with Crippen molar-refractivity contribution in [2.75, 3.05) is 0 Å². The summed E-state index contributed by atoms with van der Waals surface area (Å²) in [5, 5.41) is 23.2. The molecule has 0 spiro atoms. The van der Waals surface area contributed by atoms with Crippen LogP contribution in [0, 0.1) is 46.3 Å². The molecular weight excluding hydrogens is 388 g/mol. The number of ether oxygens (including phenoxy) is 1. The molecule has 4 saturated carbocycles. The number of hydrogen-bond donors (Lipinski definition) is 2. The predicted octanol–water partition coefficient (Wildman–Crippen LogP) is 5.10. The van der Waals surface area contributed by atoms with Crippen LogP contribution in [0.25, 0.3) is 0 Å². The van der Waals surface area contributed by atoms with Crippen LogP contribution in [-0.2, 0) is 9.53 Å². The van der Waals surface area contributed by atoms with Crippen LogP contribution in [0.2, 0.25) is 0 Å². The second-order valence-corrected chi connectivity index (χ2v) is 12.8. The molecule has 0 aromatic heterocycles. The van der Waals surface area contributed by atoms with Crippen molar-refractivity contribution in [1.29, 1.82) is 0 Å². The fourth-order valence-corrected chi connectivity index (χ4v) is 9.50. The average molecular weight is 433 g/mol. The highest BCUT2D eigenvalue weighted by molar-refractivity contribution is 5.79. The maximum Gasteiger partial charge on any atom is 0.160 e. The number of ketones is 1. The van der Waals surface area contributed by atoms with Gasteiger partial charge in [-0.05, 0) is 98.2 Å². The van der Waals surface area contributed by atoms with E-state index in [0.29, 0.717) is 40.8 Å². The fraction of sp³-hybridized carbons (Fsp3) is 0.963. The van der Waals surface area contributed by atoms with Gasteiger partial charge in [-0.2, -0.15) is 0 Å². The zero-order valence-electron chi connectivity index (χ0n) is 20.1. The molecule has 5 rings (SSSR count). The van der Waals surface area contributed by atoms with Gasteiger partial charge in [-0.1, -0.05) is 27.7 Å². The fourth-order valence-electron chi connectivity index (χ4n) is 9.50. The van der Waals surface area contributed by atoms with Crippen molar-refractivity contribution in [3.8, 4) is 0 Å². The van der Waals surface area contributed by atoms with Crippen molar-refractivity contribution < 1.29 is 19.7 Å². The molecule has 0 aromatic rings. The summed E-state index contributed by atoms with van der Waals surface area (Å²) in [4.78, 5) is 12.1. The van der Waals surface area contributed by atoms with Gasteiger partial charge in [0.05, 0.1) is 11.7 Å². The highest BCUT2D eigenvalue weighted by Crippen LogP contribution is 2.69. The van der Waals surface area contributed by atoms with E-state index in [-0.39, 0.29) is 17.4 Å². The number of aliphatic hydroxyl groups excluding tert-OH is 1. The third-order valence-electron chi connectivity index (χ3n) is 11.5. The van der Waals surface area contributed by atoms with E-state index in [1.807, 2.05) is 0 Å². The standard InChI is InChI=1S/C27H44O4/c1-16(2)23-8-7-22(24(29)31-23)27(30)14-11-21-19-6-5-17-15-18(28)9-12-25(17,3)20(19)10-13-26(21,27)4/h16-17,19-24,29-30H,5-15H2,1-4H3/t17-,19+,20-,21-,22-,23+,24+,25-,26-,27-/m0/s1. The molecule has 0 aromatic carbocycles. The van der Waals surface area contributed by atoms with Crippen LogP contribution >= 0.6 is 0 Å². The van der Waals surface area contributed by atoms with Gasteiger partial charge in [0, 0.05) is 18.8 Å². The molecule has 1 heterocycles. The van der Waals surface area contributed by atoms with E-state index in [9.17, 15) is 15.0 Å². The number of carbonyl (C=O) groups is 1. The molecule has 5 aliphatic rings. The van der Waals surface area contributed by atoms with Crippen LogP contribution in [0.5, 0.6) is 0 Å².